The molecule has 0 aliphatic rings. The Morgan fingerprint density at radius 2 is 1.91 bits per heavy atom. The monoisotopic (exact) mass is 159 g/mol. The van der Waals surface area contributed by atoms with Crippen LogP contribution in [0.1, 0.15) is 6.92 Å². The van der Waals surface area contributed by atoms with Gasteiger partial charge >= 0.3 is 0 Å². The van der Waals surface area contributed by atoms with E-state index in [0.29, 0.717) is 0 Å². The first-order chi connectivity index (χ1) is 4.95. The summed E-state index contributed by atoms with van der Waals surface area (Å²) in [5.74, 6) is -0.936. The van der Waals surface area contributed by atoms with Crippen LogP contribution in [-0.2, 0) is 9.59 Å². The van der Waals surface area contributed by atoms with E-state index >= 15 is 0 Å². The third-order valence-electron chi connectivity index (χ3n) is 1.48. The molecule has 2 amide bonds. The van der Waals surface area contributed by atoms with E-state index in [1.54, 1.807) is 14.0 Å². The third kappa shape index (κ3) is 3.57. The van der Waals surface area contributed by atoms with Crippen molar-refractivity contribution in [3.8, 4) is 0 Å². The molecular weight excluding hydrogens is 146 g/mol. The number of primary amides is 2. The minimum atomic E-state index is -0.472. The number of rotatable bonds is 4. The average Bonchev–Trinajstić information content (AvgIpc) is 1.84. The van der Waals surface area contributed by atoms with Gasteiger partial charge in [-0.2, -0.15) is 0 Å². The molecule has 0 radical (unpaired) electrons. The zero-order chi connectivity index (χ0) is 9.02. The van der Waals surface area contributed by atoms with E-state index in [4.69, 9.17) is 11.5 Å². The van der Waals surface area contributed by atoms with Crippen LogP contribution < -0.4 is 11.5 Å². The fraction of sp³-hybridized carbons (Fsp3) is 0.667. The van der Waals surface area contributed by atoms with Gasteiger partial charge in [-0.1, -0.05) is 0 Å². The molecule has 0 saturated carbocycles. The lowest BCUT2D eigenvalue weighted by Gasteiger charge is -2.19. The molecular formula is C6H13N3O2. The SMILES string of the molecule is CC(C(N)=O)N(C)CC(N)=O. The Morgan fingerprint density at radius 1 is 1.45 bits per heavy atom. The molecule has 5 heteroatoms. The molecule has 0 aliphatic carbocycles. The van der Waals surface area contributed by atoms with Gasteiger partial charge in [-0.15, -0.1) is 0 Å². The van der Waals surface area contributed by atoms with Gasteiger partial charge in [-0.3, -0.25) is 14.5 Å². The molecule has 0 heterocycles. The molecule has 64 valence electrons. The molecule has 0 rings (SSSR count). The predicted molar refractivity (Wildman–Crippen MR) is 40.5 cm³/mol. The van der Waals surface area contributed by atoms with E-state index in [0.717, 1.165) is 0 Å². The first-order valence-corrected chi connectivity index (χ1v) is 3.23. The second-order valence-electron chi connectivity index (χ2n) is 2.46. The lowest BCUT2D eigenvalue weighted by Crippen LogP contribution is -2.44. The van der Waals surface area contributed by atoms with Crippen molar-refractivity contribution in [1.29, 1.82) is 0 Å². The number of likely N-dealkylation sites (N-methyl/N-ethyl adjacent to an activating group) is 1. The summed E-state index contributed by atoms with van der Waals surface area (Å²) >= 11 is 0. The summed E-state index contributed by atoms with van der Waals surface area (Å²) in [6.07, 6.45) is 0. The number of hydrogen-bond donors (Lipinski definition) is 2. The van der Waals surface area contributed by atoms with Crippen molar-refractivity contribution >= 4 is 11.8 Å². The third-order valence-corrected chi connectivity index (χ3v) is 1.48. The first-order valence-electron chi connectivity index (χ1n) is 3.23. The average molecular weight is 159 g/mol. The number of amides is 2. The summed E-state index contributed by atoms with van der Waals surface area (Å²) < 4.78 is 0. The Morgan fingerprint density at radius 3 is 2.18 bits per heavy atom. The number of hydrogen-bond acceptors (Lipinski definition) is 3. The van der Waals surface area contributed by atoms with Crippen LogP contribution in [0.5, 0.6) is 0 Å². The molecule has 0 aromatic heterocycles. The van der Waals surface area contributed by atoms with Crippen LogP contribution in [0.2, 0.25) is 0 Å². The second-order valence-corrected chi connectivity index (χ2v) is 2.46. The molecule has 1 unspecified atom stereocenters. The minimum absolute atomic E-state index is 0.0457. The molecule has 5 nitrogen and oxygen atoms in total. The fourth-order valence-corrected chi connectivity index (χ4v) is 0.600. The van der Waals surface area contributed by atoms with Gasteiger partial charge in [0.05, 0.1) is 12.6 Å². The van der Waals surface area contributed by atoms with Crippen molar-refractivity contribution in [1.82, 2.24) is 4.90 Å². The van der Waals surface area contributed by atoms with Gasteiger partial charge < -0.3 is 11.5 Å². The van der Waals surface area contributed by atoms with Gasteiger partial charge in [0.15, 0.2) is 0 Å². The van der Waals surface area contributed by atoms with Crippen LogP contribution in [0, 0.1) is 0 Å². The van der Waals surface area contributed by atoms with Gasteiger partial charge in [0, 0.05) is 0 Å². The Bertz CT molecular complexity index is 169. The zero-order valence-electron chi connectivity index (χ0n) is 6.70. The highest BCUT2D eigenvalue weighted by molar-refractivity contribution is 5.81. The maximum Gasteiger partial charge on any atom is 0.234 e. The van der Waals surface area contributed by atoms with Crippen LogP contribution in [0.4, 0.5) is 0 Å². The molecule has 0 fully saturated rings. The van der Waals surface area contributed by atoms with E-state index in [-0.39, 0.29) is 6.54 Å². The maximum atomic E-state index is 10.6. The molecule has 0 saturated heterocycles. The summed E-state index contributed by atoms with van der Waals surface area (Å²) in [6.45, 7) is 1.66. The van der Waals surface area contributed by atoms with Gasteiger partial charge in [0.25, 0.3) is 0 Å². The van der Waals surface area contributed by atoms with Gasteiger partial charge in [-0.25, -0.2) is 0 Å². The van der Waals surface area contributed by atoms with Gasteiger partial charge in [0.2, 0.25) is 11.8 Å². The molecule has 0 spiro atoms. The van der Waals surface area contributed by atoms with Gasteiger partial charge in [-0.05, 0) is 14.0 Å². The summed E-state index contributed by atoms with van der Waals surface area (Å²) in [6, 6.07) is -0.456. The Labute approximate surface area is 65.3 Å². The van der Waals surface area contributed by atoms with Crippen molar-refractivity contribution < 1.29 is 9.59 Å². The molecule has 4 N–H and O–H groups in total. The predicted octanol–water partition coefficient (Wildman–Crippen LogP) is -1.72. The quantitative estimate of drug-likeness (QED) is 0.511. The standard InChI is InChI=1S/C6H13N3O2/c1-4(6(8)11)9(2)3-5(7)10/h4H,3H2,1-2H3,(H2,7,10)(H2,8,11). The van der Waals surface area contributed by atoms with Crippen LogP contribution >= 0.6 is 0 Å². The van der Waals surface area contributed by atoms with Crippen molar-refractivity contribution in [2.45, 2.75) is 13.0 Å². The Kier molecular flexibility index (Phi) is 3.53. The molecule has 11 heavy (non-hydrogen) atoms. The Balaban J connectivity index is 3.92. The maximum absolute atomic E-state index is 10.6. The summed E-state index contributed by atoms with van der Waals surface area (Å²) in [5, 5.41) is 0. The van der Waals surface area contributed by atoms with Crippen LogP contribution in [0.15, 0.2) is 0 Å². The smallest absolute Gasteiger partial charge is 0.234 e. The molecule has 0 aliphatic heterocycles. The van der Waals surface area contributed by atoms with Gasteiger partial charge in [0.1, 0.15) is 0 Å². The minimum Gasteiger partial charge on any atom is -0.369 e. The van der Waals surface area contributed by atoms with Crippen LogP contribution in [0.25, 0.3) is 0 Å². The normalized spacial score (nSPS) is 13.0. The number of nitrogens with zero attached hydrogens (tertiary/aromatic N) is 1. The van der Waals surface area contributed by atoms with E-state index in [1.165, 1.54) is 4.90 Å². The zero-order valence-corrected chi connectivity index (χ0v) is 6.70. The summed E-state index contributed by atoms with van der Waals surface area (Å²) in [7, 11) is 1.61. The lowest BCUT2D eigenvalue weighted by molar-refractivity contribution is -0.124. The van der Waals surface area contributed by atoms with E-state index in [9.17, 15) is 9.59 Å². The summed E-state index contributed by atoms with van der Waals surface area (Å²) in [4.78, 5) is 22.4. The highest BCUT2D eigenvalue weighted by Gasteiger charge is 2.15. The first kappa shape index (κ1) is 9.90. The second kappa shape index (κ2) is 3.92. The largest absolute Gasteiger partial charge is 0.369 e. The fourth-order valence-electron chi connectivity index (χ4n) is 0.600. The van der Waals surface area contributed by atoms with Crippen molar-refractivity contribution in [3.05, 3.63) is 0 Å². The lowest BCUT2D eigenvalue weighted by atomic mass is 10.3. The van der Waals surface area contributed by atoms with Crippen LogP contribution in [-0.4, -0.2) is 36.3 Å². The number of nitrogens with two attached hydrogens (primary N) is 2. The molecule has 0 aromatic carbocycles. The molecule has 1 atom stereocenters. The topological polar surface area (TPSA) is 89.4 Å². The molecule has 0 bridgehead atoms. The highest BCUT2D eigenvalue weighted by atomic mass is 16.2. The van der Waals surface area contributed by atoms with Crippen molar-refractivity contribution in [2.75, 3.05) is 13.6 Å². The van der Waals surface area contributed by atoms with E-state index in [1.807, 2.05) is 0 Å². The van der Waals surface area contributed by atoms with E-state index < -0.39 is 17.9 Å². The number of carbonyl (C=O) groups excluding carboxylic acids is 2. The highest BCUT2D eigenvalue weighted by Crippen LogP contribution is 1.91. The van der Waals surface area contributed by atoms with E-state index in [2.05, 4.69) is 0 Å². The van der Waals surface area contributed by atoms with Crippen molar-refractivity contribution in [3.63, 3.8) is 0 Å². The van der Waals surface area contributed by atoms with Crippen LogP contribution in [0.3, 0.4) is 0 Å². The molecule has 0 aromatic rings. The summed E-state index contributed by atoms with van der Waals surface area (Å²) in [5.41, 5.74) is 9.88. The van der Waals surface area contributed by atoms with Crippen molar-refractivity contribution in [2.24, 2.45) is 11.5 Å². The Hall–Kier alpha value is -1.10. The number of carbonyl (C=O) groups is 2.